The molecule has 4 heteroatoms. The number of hydrogen-bond acceptors (Lipinski definition) is 4. The van der Waals surface area contributed by atoms with E-state index in [0.717, 1.165) is 24.5 Å². The molecule has 140 valence electrons. The minimum atomic E-state index is -1.42. The van der Waals surface area contributed by atoms with E-state index in [1.54, 1.807) is 6.92 Å². The largest absolute Gasteiger partial charge is 0.450 e. The van der Waals surface area contributed by atoms with Crippen LogP contribution in [-0.4, -0.2) is 23.5 Å². The second-order valence-electron chi connectivity index (χ2n) is 6.50. The van der Waals surface area contributed by atoms with Gasteiger partial charge in [-0.05, 0) is 24.5 Å². The van der Waals surface area contributed by atoms with Crippen LogP contribution in [0.2, 0.25) is 0 Å². The first-order valence-corrected chi connectivity index (χ1v) is 9.28. The molecule has 0 bridgehead atoms. The maximum atomic E-state index is 11.4. The van der Waals surface area contributed by atoms with E-state index in [9.17, 15) is 9.90 Å². The quantitative estimate of drug-likeness (QED) is 0.241. The zero-order valence-electron chi connectivity index (χ0n) is 15.6. The third kappa shape index (κ3) is 8.21. The first kappa shape index (κ1) is 21.2. The fourth-order valence-electron chi connectivity index (χ4n) is 2.65. The molecule has 0 spiro atoms. The molecule has 25 heavy (non-hydrogen) atoms. The van der Waals surface area contributed by atoms with Crippen molar-refractivity contribution in [3.05, 3.63) is 42.5 Å². The zero-order valence-corrected chi connectivity index (χ0v) is 15.6. The number of aliphatic hydroxyl groups excluding tert-OH is 1. The van der Waals surface area contributed by atoms with Crippen LogP contribution in [0, 0.1) is 0 Å². The predicted molar refractivity (Wildman–Crippen MR) is 101 cm³/mol. The van der Waals surface area contributed by atoms with E-state index < -0.39 is 18.4 Å². The normalized spacial score (nSPS) is 13.1. The monoisotopic (exact) mass is 348 g/mol. The molecule has 0 aliphatic heterocycles. The van der Waals surface area contributed by atoms with Crippen molar-refractivity contribution in [2.24, 2.45) is 0 Å². The van der Waals surface area contributed by atoms with E-state index in [-0.39, 0.29) is 0 Å². The van der Waals surface area contributed by atoms with Crippen LogP contribution in [0.3, 0.4) is 0 Å². The number of benzene rings is 1. The minimum absolute atomic E-state index is 0.432. The van der Waals surface area contributed by atoms with Crippen molar-refractivity contribution < 1.29 is 19.4 Å². The van der Waals surface area contributed by atoms with Crippen molar-refractivity contribution in [1.82, 2.24) is 0 Å². The van der Waals surface area contributed by atoms with Gasteiger partial charge in [0.15, 0.2) is 0 Å². The zero-order chi connectivity index (χ0) is 18.5. The molecule has 0 aliphatic carbocycles. The van der Waals surface area contributed by atoms with Crippen LogP contribution < -0.4 is 4.74 Å². The smallest absolute Gasteiger partial charge is 0.333 e. The Bertz CT molecular complexity index is 526. The Labute approximate surface area is 151 Å². The maximum absolute atomic E-state index is 11.4. The first-order valence-electron chi connectivity index (χ1n) is 9.28. The van der Waals surface area contributed by atoms with Crippen molar-refractivity contribution in [2.45, 2.75) is 71.0 Å². The van der Waals surface area contributed by atoms with Crippen molar-refractivity contribution in [3.63, 3.8) is 0 Å². The molecule has 0 heterocycles. The van der Waals surface area contributed by atoms with Gasteiger partial charge in [0.2, 0.25) is 0 Å². The lowest BCUT2D eigenvalue weighted by Crippen LogP contribution is -2.41. The number of esters is 1. The lowest BCUT2D eigenvalue weighted by molar-refractivity contribution is -0.198. The van der Waals surface area contributed by atoms with Gasteiger partial charge in [0.05, 0.1) is 0 Å². The molecule has 4 nitrogen and oxygen atoms in total. The Balaban J connectivity index is 2.57. The molecule has 1 rings (SSSR count). The van der Waals surface area contributed by atoms with Crippen LogP contribution in [0.4, 0.5) is 0 Å². The Hall–Kier alpha value is -1.81. The van der Waals surface area contributed by atoms with Crippen LogP contribution in [-0.2, 0) is 16.0 Å². The Morgan fingerprint density at radius 2 is 1.80 bits per heavy atom. The number of aliphatic hydroxyl groups is 1. The third-order valence-corrected chi connectivity index (χ3v) is 4.12. The summed E-state index contributed by atoms with van der Waals surface area (Å²) in [6.45, 7) is 6.70. The molecule has 0 saturated carbocycles. The summed E-state index contributed by atoms with van der Waals surface area (Å²) in [6.07, 6.45) is 10.7. The molecule has 0 aromatic heterocycles. The fourth-order valence-corrected chi connectivity index (χ4v) is 2.65. The molecular weight excluding hydrogens is 316 g/mol. The summed E-state index contributed by atoms with van der Waals surface area (Å²) in [7, 11) is 0. The highest BCUT2D eigenvalue weighted by Crippen LogP contribution is 2.26. The maximum Gasteiger partial charge on any atom is 0.333 e. The summed E-state index contributed by atoms with van der Waals surface area (Å²) in [5, 5.41) is 9.56. The van der Waals surface area contributed by atoms with Gasteiger partial charge in [0.1, 0.15) is 12.4 Å². The summed E-state index contributed by atoms with van der Waals surface area (Å²) in [4.78, 5) is 11.4. The van der Waals surface area contributed by atoms with Gasteiger partial charge < -0.3 is 14.6 Å². The highest BCUT2D eigenvalue weighted by atomic mass is 16.7. The molecule has 0 fully saturated rings. The van der Waals surface area contributed by atoms with Crippen LogP contribution in [0.15, 0.2) is 36.9 Å². The summed E-state index contributed by atoms with van der Waals surface area (Å²) >= 11 is 0. The molecule has 0 radical (unpaired) electrons. The lowest BCUT2D eigenvalue weighted by Gasteiger charge is -2.28. The van der Waals surface area contributed by atoms with Gasteiger partial charge in [0, 0.05) is 13.0 Å². The van der Waals surface area contributed by atoms with E-state index in [4.69, 9.17) is 9.47 Å². The van der Waals surface area contributed by atoms with E-state index in [2.05, 4.69) is 13.5 Å². The van der Waals surface area contributed by atoms with E-state index in [0.29, 0.717) is 5.75 Å². The van der Waals surface area contributed by atoms with Gasteiger partial charge in [-0.3, -0.25) is 0 Å². The number of ether oxygens (including phenoxy) is 2. The number of carbonyl (C=O) groups excluding carboxylic acids is 1. The van der Waals surface area contributed by atoms with Gasteiger partial charge in [-0.15, -0.1) is 0 Å². The molecule has 0 amide bonds. The predicted octanol–water partition coefficient (Wildman–Crippen LogP) is 4.80. The topological polar surface area (TPSA) is 55.8 Å². The molecule has 0 saturated heterocycles. The van der Waals surface area contributed by atoms with Crippen molar-refractivity contribution >= 4 is 5.97 Å². The van der Waals surface area contributed by atoms with Gasteiger partial charge in [-0.2, -0.15) is 0 Å². The molecule has 1 atom stereocenters. The standard InChI is InChI=1S/C21H32O4/c1-4-6-7-8-9-10-11-14-18-15-12-13-16-19(18)24-21(3,17-22)25-20(23)5-2/h5,12-13,15-16,22H,2,4,6-11,14,17H2,1,3H3. The number of carbonyl (C=O) groups is 1. The van der Waals surface area contributed by atoms with E-state index in [1.165, 1.54) is 38.5 Å². The molecular formula is C21H32O4. The van der Waals surface area contributed by atoms with Crippen molar-refractivity contribution in [3.8, 4) is 5.75 Å². The van der Waals surface area contributed by atoms with Crippen molar-refractivity contribution in [1.29, 1.82) is 0 Å². The summed E-state index contributed by atoms with van der Waals surface area (Å²) in [5.41, 5.74) is 1.06. The summed E-state index contributed by atoms with van der Waals surface area (Å²) < 4.78 is 11.0. The highest BCUT2D eigenvalue weighted by Gasteiger charge is 2.30. The van der Waals surface area contributed by atoms with Crippen LogP contribution in [0.25, 0.3) is 0 Å². The summed E-state index contributed by atoms with van der Waals surface area (Å²) in [5.74, 6) is -1.40. The fraction of sp³-hybridized carbons (Fsp3) is 0.571. The molecule has 1 unspecified atom stereocenters. The van der Waals surface area contributed by atoms with Crippen molar-refractivity contribution in [2.75, 3.05) is 6.61 Å². The number of para-hydroxylation sites is 1. The minimum Gasteiger partial charge on any atom is -0.450 e. The number of unbranched alkanes of at least 4 members (excludes halogenated alkanes) is 6. The highest BCUT2D eigenvalue weighted by molar-refractivity contribution is 5.81. The lowest BCUT2D eigenvalue weighted by atomic mass is 10.0. The van der Waals surface area contributed by atoms with Gasteiger partial charge in [-0.1, -0.05) is 70.2 Å². The average molecular weight is 348 g/mol. The third-order valence-electron chi connectivity index (χ3n) is 4.12. The Kier molecular flexibility index (Phi) is 9.93. The number of aryl methyl sites for hydroxylation is 1. The number of rotatable bonds is 13. The first-order chi connectivity index (χ1) is 12.0. The van der Waals surface area contributed by atoms with Gasteiger partial charge in [0.25, 0.3) is 5.79 Å². The molecule has 0 aliphatic rings. The van der Waals surface area contributed by atoms with Gasteiger partial charge >= 0.3 is 5.97 Å². The SMILES string of the molecule is C=CC(=O)OC(C)(CO)Oc1ccccc1CCCCCCCCC. The molecule has 1 N–H and O–H groups in total. The number of hydrogen-bond donors (Lipinski definition) is 1. The second kappa shape index (κ2) is 11.7. The Morgan fingerprint density at radius 1 is 1.16 bits per heavy atom. The van der Waals surface area contributed by atoms with Crippen LogP contribution in [0.5, 0.6) is 5.75 Å². The average Bonchev–Trinajstić information content (AvgIpc) is 2.62. The van der Waals surface area contributed by atoms with Gasteiger partial charge in [-0.25, -0.2) is 4.79 Å². The molecule has 1 aromatic rings. The Morgan fingerprint density at radius 3 is 2.44 bits per heavy atom. The van der Waals surface area contributed by atoms with E-state index >= 15 is 0 Å². The summed E-state index contributed by atoms with van der Waals surface area (Å²) in [6, 6.07) is 7.69. The molecule has 1 aromatic carbocycles. The van der Waals surface area contributed by atoms with Crippen LogP contribution in [0.1, 0.15) is 64.4 Å². The van der Waals surface area contributed by atoms with E-state index in [1.807, 2.05) is 24.3 Å². The van der Waals surface area contributed by atoms with Crippen LogP contribution >= 0.6 is 0 Å². The second-order valence-corrected chi connectivity index (χ2v) is 6.50.